The van der Waals surface area contributed by atoms with Crippen molar-refractivity contribution in [1.29, 1.82) is 0 Å². The first kappa shape index (κ1) is 13.6. The summed E-state index contributed by atoms with van der Waals surface area (Å²) < 4.78 is 0. The van der Waals surface area contributed by atoms with Crippen molar-refractivity contribution in [3.05, 3.63) is 34.9 Å². The molecule has 0 spiro atoms. The van der Waals surface area contributed by atoms with E-state index < -0.39 is 17.9 Å². The summed E-state index contributed by atoms with van der Waals surface area (Å²) in [7, 11) is 0. The minimum absolute atomic E-state index is 0.0773. The van der Waals surface area contributed by atoms with Gasteiger partial charge in [0, 0.05) is 0 Å². The van der Waals surface area contributed by atoms with Crippen molar-refractivity contribution in [1.82, 2.24) is 0 Å². The van der Waals surface area contributed by atoms with Gasteiger partial charge in [-0.1, -0.05) is 0 Å². The highest BCUT2D eigenvalue weighted by molar-refractivity contribution is 6.05. The molecule has 9 nitrogen and oxygen atoms in total. The van der Waals surface area contributed by atoms with Crippen molar-refractivity contribution in [3.63, 3.8) is 0 Å². The van der Waals surface area contributed by atoms with Gasteiger partial charge in [0.15, 0.2) is 0 Å². The molecule has 1 aromatic rings. The van der Waals surface area contributed by atoms with E-state index in [9.17, 15) is 14.4 Å². The lowest BCUT2D eigenvalue weighted by Crippen LogP contribution is -2.19. The third kappa shape index (κ3) is 2.60. The first-order valence-corrected chi connectivity index (χ1v) is 4.42. The Morgan fingerprint density at radius 2 is 1.28 bits per heavy atom. The maximum absolute atomic E-state index is 11.3. The molecule has 0 aliphatic carbocycles. The van der Waals surface area contributed by atoms with Crippen LogP contribution in [-0.2, 0) is 14.5 Å². The molecule has 0 aliphatic heterocycles. The largest absolute Gasteiger partial charge is 0.370 e. The van der Waals surface area contributed by atoms with Gasteiger partial charge in [0.2, 0.25) is 0 Å². The van der Waals surface area contributed by atoms with Crippen molar-refractivity contribution < 1.29 is 28.9 Å². The van der Waals surface area contributed by atoms with Gasteiger partial charge in [-0.2, -0.15) is 17.7 Å². The van der Waals surface area contributed by atoms with E-state index in [4.69, 9.17) is 11.8 Å². The molecule has 0 fully saturated rings. The fourth-order valence-corrected chi connectivity index (χ4v) is 1.21. The van der Waals surface area contributed by atoms with Gasteiger partial charge < -0.3 is 14.5 Å². The molecular formula is C9H9N3O6. The Kier molecular flexibility index (Phi) is 4.32. The van der Waals surface area contributed by atoms with Crippen LogP contribution in [0.1, 0.15) is 31.1 Å². The standard InChI is InChI=1S/C9H9N3O6/c10-16-7(13)4-1-2-5(8(14)17-11)6(3-4)9(15)18-12/h1-3H,10-12H2. The maximum atomic E-state index is 11.3. The SMILES string of the molecule is NOC(=O)c1ccc(C(=O)ON)c(C(=O)ON)c1. The van der Waals surface area contributed by atoms with Crippen LogP contribution < -0.4 is 17.7 Å². The van der Waals surface area contributed by atoms with E-state index in [1.165, 1.54) is 6.07 Å². The Balaban J connectivity index is 3.33. The monoisotopic (exact) mass is 255 g/mol. The number of carbonyl (C=O) groups is 3. The highest BCUT2D eigenvalue weighted by atomic mass is 16.7. The lowest BCUT2D eigenvalue weighted by molar-refractivity contribution is 0.0454. The fourth-order valence-electron chi connectivity index (χ4n) is 1.21. The predicted molar refractivity (Wildman–Crippen MR) is 55.3 cm³/mol. The Morgan fingerprint density at radius 1 is 0.778 bits per heavy atom. The minimum atomic E-state index is -1.05. The zero-order valence-corrected chi connectivity index (χ0v) is 8.91. The molecule has 0 saturated heterocycles. The van der Waals surface area contributed by atoms with Crippen molar-refractivity contribution in [2.24, 2.45) is 17.7 Å². The first-order valence-electron chi connectivity index (χ1n) is 4.42. The summed E-state index contributed by atoms with van der Waals surface area (Å²) in [5, 5.41) is 0. The molecule has 0 saturated carbocycles. The molecular weight excluding hydrogens is 246 g/mol. The van der Waals surface area contributed by atoms with E-state index in [2.05, 4.69) is 20.4 Å². The maximum Gasteiger partial charge on any atom is 0.357 e. The van der Waals surface area contributed by atoms with Gasteiger partial charge in [-0.3, -0.25) is 0 Å². The van der Waals surface area contributed by atoms with E-state index in [-0.39, 0.29) is 16.7 Å². The molecule has 18 heavy (non-hydrogen) atoms. The number of hydrogen-bond acceptors (Lipinski definition) is 9. The van der Waals surface area contributed by atoms with Crippen LogP contribution in [0.15, 0.2) is 18.2 Å². The van der Waals surface area contributed by atoms with Crippen LogP contribution in [0.2, 0.25) is 0 Å². The molecule has 1 rings (SSSR count). The Hall–Kier alpha value is -2.49. The third-order valence-corrected chi connectivity index (χ3v) is 2.02. The van der Waals surface area contributed by atoms with Gasteiger partial charge in [0.1, 0.15) is 0 Å². The summed E-state index contributed by atoms with van der Waals surface area (Å²) in [4.78, 5) is 45.7. The Labute approximate surface area is 100 Å². The molecule has 6 N–H and O–H groups in total. The van der Waals surface area contributed by atoms with Crippen LogP contribution >= 0.6 is 0 Å². The average molecular weight is 255 g/mol. The molecule has 9 heteroatoms. The predicted octanol–water partition coefficient (Wildman–Crippen LogP) is -1.22. The average Bonchev–Trinajstić information content (AvgIpc) is 2.43. The second-order valence-electron chi connectivity index (χ2n) is 2.98. The Bertz CT molecular complexity index is 501. The summed E-state index contributed by atoms with van der Waals surface area (Å²) in [6.07, 6.45) is 0. The quantitative estimate of drug-likeness (QED) is 0.562. The highest BCUT2D eigenvalue weighted by Gasteiger charge is 2.21. The molecule has 96 valence electrons. The van der Waals surface area contributed by atoms with E-state index in [1.54, 1.807) is 0 Å². The second kappa shape index (κ2) is 5.72. The molecule has 0 amide bonds. The molecule has 0 heterocycles. The number of hydrogen-bond donors (Lipinski definition) is 3. The van der Waals surface area contributed by atoms with Crippen LogP contribution in [0.3, 0.4) is 0 Å². The normalized spacial score (nSPS) is 9.50. The summed E-state index contributed by atoms with van der Waals surface area (Å²) in [6, 6.07) is 3.32. The number of carbonyl (C=O) groups excluding carboxylic acids is 3. The zero-order chi connectivity index (χ0) is 13.7. The van der Waals surface area contributed by atoms with E-state index in [1.807, 2.05) is 0 Å². The molecule has 0 atom stereocenters. The highest BCUT2D eigenvalue weighted by Crippen LogP contribution is 2.14. The van der Waals surface area contributed by atoms with Crippen LogP contribution in [0, 0.1) is 0 Å². The second-order valence-corrected chi connectivity index (χ2v) is 2.98. The third-order valence-electron chi connectivity index (χ3n) is 2.02. The van der Waals surface area contributed by atoms with E-state index >= 15 is 0 Å². The molecule has 0 radical (unpaired) electrons. The summed E-state index contributed by atoms with van der Waals surface area (Å²) in [6.45, 7) is 0. The number of benzene rings is 1. The van der Waals surface area contributed by atoms with Crippen LogP contribution in [0.4, 0.5) is 0 Å². The Morgan fingerprint density at radius 3 is 1.78 bits per heavy atom. The summed E-state index contributed by atoms with van der Waals surface area (Å²) in [5.41, 5.74) is -0.608. The lowest BCUT2D eigenvalue weighted by Gasteiger charge is -2.06. The first-order chi connectivity index (χ1) is 8.54. The summed E-state index contributed by atoms with van der Waals surface area (Å²) in [5.74, 6) is 11.1. The van der Waals surface area contributed by atoms with Gasteiger partial charge in [-0.25, -0.2) is 14.4 Å². The molecule has 1 aromatic carbocycles. The van der Waals surface area contributed by atoms with Gasteiger partial charge >= 0.3 is 17.9 Å². The van der Waals surface area contributed by atoms with Crippen LogP contribution in [0.25, 0.3) is 0 Å². The van der Waals surface area contributed by atoms with Crippen molar-refractivity contribution >= 4 is 17.9 Å². The van der Waals surface area contributed by atoms with Gasteiger partial charge in [0.05, 0.1) is 16.7 Å². The topological polar surface area (TPSA) is 157 Å². The molecule has 0 aliphatic rings. The number of nitrogens with two attached hydrogens (primary N) is 3. The zero-order valence-electron chi connectivity index (χ0n) is 8.91. The molecule has 0 bridgehead atoms. The van der Waals surface area contributed by atoms with Gasteiger partial charge in [-0.15, -0.1) is 0 Å². The summed E-state index contributed by atoms with van der Waals surface area (Å²) >= 11 is 0. The smallest absolute Gasteiger partial charge is 0.357 e. The molecule has 0 unspecified atom stereocenters. The van der Waals surface area contributed by atoms with Gasteiger partial charge in [-0.05, 0) is 18.2 Å². The number of rotatable bonds is 3. The fraction of sp³-hybridized carbons (Fsp3) is 0. The lowest BCUT2D eigenvalue weighted by atomic mass is 10.0. The van der Waals surface area contributed by atoms with Gasteiger partial charge in [0.25, 0.3) is 0 Å². The van der Waals surface area contributed by atoms with Crippen molar-refractivity contribution in [2.75, 3.05) is 0 Å². The minimum Gasteiger partial charge on any atom is -0.370 e. The van der Waals surface area contributed by atoms with E-state index in [0.29, 0.717) is 0 Å². The van der Waals surface area contributed by atoms with E-state index in [0.717, 1.165) is 12.1 Å². The van der Waals surface area contributed by atoms with Crippen molar-refractivity contribution in [3.8, 4) is 0 Å². The van der Waals surface area contributed by atoms with Crippen LogP contribution in [0.5, 0.6) is 0 Å². The van der Waals surface area contributed by atoms with Crippen molar-refractivity contribution in [2.45, 2.75) is 0 Å². The van der Waals surface area contributed by atoms with Crippen LogP contribution in [-0.4, -0.2) is 17.9 Å². The molecule has 0 aromatic heterocycles.